The van der Waals surface area contributed by atoms with Crippen molar-refractivity contribution in [1.29, 1.82) is 0 Å². The normalized spacial score (nSPS) is 13.5. The fraction of sp³-hybridized carbons (Fsp3) is 0.118. The molecule has 0 saturated carbocycles. The van der Waals surface area contributed by atoms with E-state index in [-0.39, 0.29) is 0 Å². The van der Waals surface area contributed by atoms with Crippen molar-refractivity contribution < 1.29 is 4.52 Å². The van der Waals surface area contributed by atoms with Crippen molar-refractivity contribution in [3.63, 3.8) is 0 Å². The molecule has 2 aromatic carbocycles. The summed E-state index contributed by atoms with van der Waals surface area (Å²) in [5.41, 5.74) is 3.27. The highest BCUT2D eigenvalue weighted by Crippen LogP contribution is 2.35. The molecular formula is C17H12BrN3OS2. The average molecular weight is 418 g/mol. The minimum absolute atomic E-state index is 0.607. The molecule has 1 aliphatic heterocycles. The fourth-order valence-electron chi connectivity index (χ4n) is 2.27. The Labute approximate surface area is 156 Å². The van der Waals surface area contributed by atoms with Crippen LogP contribution in [0.4, 0.5) is 5.69 Å². The Morgan fingerprint density at radius 1 is 1.17 bits per heavy atom. The number of halogens is 1. The predicted molar refractivity (Wildman–Crippen MR) is 104 cm³/mol. The first-order valence-corrected chi connectivity index (χ1v) is 10.0. The lowest BCUT2D eigenvalue weighted by Gasteiger charge is -2.13. The van der Waals surface area contributed by atoms with E-state index in [9.17, 15) is 0 Å². The van der Waals surface area contributed by atoms with Gasteiger partial charge in [-0.15, -0.1) is 0 Å². The third kappa shape index (κ3) is 3.58. The van der Waals surface area contributed by atoms with Crippen molar-refractivity contribution in [3.05, 3.63) is 64.5 Å². The zero-order chi connectivity index (χ0) is 16.4. The minimum atomic E-state index is 0.607. The SMILES string of the molecule is Brc1cccc(-c2noc(CSC3=Nc4ccccc4CS3)n2)c1. The molecule has 0 radical (unpaired) electrons. The molecule has 0 amide bonds. The molecule has 0 bridgehead atoms. The summed E-state index contributed by atoms with van der Waals surface area (Å²) >= 11 is 6.83. The van der Waals surface area contributed by atoms with Crippen molar-refractivity contribution in [3.8, 4) is 11.4 Å². The monoisotopic (exact) mass is 417 g/mol. The fourth-order valence-corrected chi connectivity index (χ4v) is 4.57. The third-order valence-corrected chi connectivity index (χ3v) is 6.15. The summed E-state index contributed by atoms with van der Waals surface area (Å²) in [5, 5.41) is 4.06. The largest absolute Gasteiger partial charge is 0.338 e. The van der Waals surface area contributed by atoms with E-state index in [0.717, 1.165) is 25.9 Å². The summed E-state index contributed by atoms with van der Waals surface area (Å²) in [7, 11) is 0. The van der Waals surface area contributed by atoms with Gasteiger partial charge in [-0.1, -0.05) is 74.9 Å². The molecule has 2 heterocycles. The van der Waals surface area contributed by atoms with E-state index in [1.54, 1.807) is 23.5 Å². The summed E-state index contributed by atoms with van der Waals surface area (Å²) in [6, 6.07) is 16.1. The molecule has 4 rings (SSSR count). The third-order valence-electron chi connectivity index (χ3n) is 3.42. The van der Waals surface area contributed by atoms with Crippen LogP contribution in [0, 0.1) is 0 Å². The second-order valence-corrected chi connectivity index (χ2v) is 8.21. The van der Waals surface area contributed by atoms with Crippen LogP contribution in [0.1, 0.15) is 11.5 Å². The van der Waals surface area contributed by atoms with Gasteiger partial charge in [-0.05, 0) is 23.8 Å². The van der Waals surface area contributed by atoms with Crippen LogP contribution in [0.5, 0.6) is 0 Å². The predicted octanol–water partition coefficient (Wildman–Crippen LogP) is 5.67. The number of benzene rings is 2. The van der Waals surface area contributed by atoms with Crippen LogP contribution in [0.15, 0.2) is 62.5 Å². The van der Waals surface area contributed by atoms with E-state index in [0.29, 0.717) is 17.5 Å². The first-order chi connectivity index (χ1) is 11.8. The smallest absolute Gasteiger partial charge is 0.237 e. The van der Waals surface area contributed by atoms with Gasteiger partial charge in [0.2, 0.25) is 11.7 Å². The molecule has 0 unspecified atom stereocenters. The Kier molecular flexibility index (Phi) is 4.73. The van der Waals surface area contributed by atoms with Crippen LogP contribution in [0.2, 0.25) is 0 Å². The zero-order valence-electron chi connectivity index (χ0n) is 12.5. The van der Waals surface area contributed by atoms with Crippen LogP contribution in [-0.2, 0) is 11.5 Å². The number of thioether (sulfide) groups is 2. The molecule has 0 N–H and O–H groups in total. The number of hydrogen-bond acceptors (Lipinski definition) is 6. The Morgan fingerprint density at radius 2 is 2.08 bits per heavy atom. The lowest BCUT2D eigenvalue weighted by molar-refractivity contribution is 0.392. The van der Waals surface area contributed by atoms with Crippen LogP contribution in [0.3, 0.4) is 0 Å². The van der Waals surface area contributed by atoms with Gasteiger partial charge < -0.3 is 4.52 Å². The number of hydrogen-bond donors (Lipinski definition) is 0. The summed E-state index contributed by atoms with van der Waals surface area (Å²) in [6.45, 7) is 0. The highest BCUT2D eigenvalue weighted by molar-refractivity contribution is 9.10. The van der Waals surface area contributed by atoms with Crippen LogP contribution < -0.4 is 0 Å². The van der Waals surface area contributed by atoms with Gasteiger partial charge in [-0.3, -0.25) is 0 Å². The second-order valence-electron chi connectivity index (χ2n) is 5.11. The quantitative estimate of drug-likeness (QED) is 0.549. The Bertz CT molecular complexity index is 910. The van der Waals surface area contributed by atoms with Crippen molar-refractivity contribution >= 4 is 49.5 Å². The van der Waals surface area contributed by atoms with Gasteiger partial charge >= 0.3 is 0 Å². The van der Waals surface area contributed by atoms with E-state index in [1.807, 2.05) is 36.4 Å². The Morgan fingerprint density at radius 3 is 3.00 bits per heavy atom. The summed E-state index contributed by atoms with van der Waals surface area (Å²) < 4.78 is 7.39. The Balaban J connectivity index is 1.45. The highest BCUT2D eigenvalue weighted by atomic mass is 79.9. The molecule has 24 heavy (non-hydrogen) atoms. The van der Waals surface area contributed by atoms with Crippen LogP contribution >= 0.6 is 39.5 Å². The van der Waals surface area contributed by atoms with Crippen molar-refractivity contribution in [2.24, 2.45) is 4.99 Å². The standard InChI is InChI=1S/C17H12BrN3OS2/c18-13-6-3-5-11(8-13)16-20-15(22-21-16)10-24-17-19-14-7-2-1-4-12(14)9-23-17/h1-8H,9-10H2. The number of fused-ring (bicyclic) bond motifs is 1. The molecular weight excluding hydrogens is 406 g/mol. The molecule has 0 spiro atoms. The second kappa shape index (κ2) is 7.13. The van der Waals surface area contributed by atoms with Gasteiger partial charge in [-0.2, -0.15) is 4.98 Å². The topological polar surface area (TPSA) is 51.3 Å². The van der Waals surface area contributed by atoms with Gasteiger partial charge in [-0.25, -0.2) is 4.99 Å². The number of nitrogens with zero attached hydrogens (tertiary/aromatic N) is 3. The first-order valence-electron chi connectivity index (χ1n) is 7.29. The average Bonchev–Trinajstić information content (AvgIpc) is 3.09. The number of rotatable bonds is 3. The Hall–Kier alpha value is -1.57. The van der Waals surface area contributed by atoms with E-state index in [1.165, 1.54) is 5.56 Å². The van der Waals surface area contributed by atoms with Gasteiger partial charge in [0.15, 0.2) is 0 Å². The van der Waals surface area contributed by atoms with E-state index in [4.69, 9.17) is 4.52 Å². The van der Waals surface area contributed by atoms with Crippen LogP contribution in [0.25, 0.3) is 11.4 Å². The van der Waals surface area contributed by atoms with Crippen LogP contribution in [-0.4, -0.2) is 14.5 Å². The lowest BCUT2D eigenvalue weighted by Crippen LogP contribution is -1.96. The van der Waals surface area contributed by atoms with Crippen molar-refractivity contribution in [1.82, 2.24) is 10.1 Å². The summed E-state index contributed by atoms with van der Waals surface area (Å²) in [5.74, 6) is 2.79. The molecule has 1 aromatic heterocycles. The molecule has 1 aliphatic rings. The maximum Gasteiger partial charge on any atom is 0.237 e. The minimum Gasteiger partial charge on any atom is -0.338 e. The summed E-state index contributed by atoms with van der Waals surface area (Å²) in [4.78, 5) is 9.15. The number of para-hydroxylation sites is 1. The highest BCUT2D eigenvalue weighted by Gasteiger charge is 2.15. The van der Waals surface area contributed by atoms with Crippen molar-refractivity contribution in [2.75, 3.05) is 0 Å². The van der Waals surface area contributed by atoms with Gasteiger partial charge in [0.1, 0.15) is 4.38 Å². The maximum atomic E-state index is 5.36. The van der Waals surface area contributed by atoms with E-state index in [2.05, 4.69) is 43.2 Å². The first kappa shape index (κ1) is 15.9. The molecule has 0 fully saturated rings. The van der Waals surface area contributed by atoms with Gasteiger partial charge in [0.25, 0.3) is 0 Å². The molecule has 3 aromatic rings. The lowest BCUT2D eigenvalue weighted by atomic mass is 10.2. The zero-order valence-corrected chi connectivity index (χ0v) is 15.7. The molecule has 7 heteroatoms. The van der Waals surface area contributed by atoms with E-state index < -0.39 is 0 Å². The summed E-state index contributed by atoms with van der Waals surface area (Å²) in [6.07, 6.45) is 0. The molecule has 4 nitrogen and oxygen atoms in total. The van der Waals surface area contributed by atoms with Gasteiger partial charge in [0, 0.05) is 15.8 Å². The van der Waals surface area contributed by atoms with Gasteiger partial charge in [0.05, 0.1) is 11.4 Å². The molecule has 0 saturated heterocycles. The van der Waals surface area contributed by atoms with E-state index >= 15 is 0 Å². The molecule has 0 aliphatic carbocycles. The number of aliphatic imine (C=N–C) groups is 1. The number of aromatic nitrogens is 2. The van der Waals surface area contributed by atoms with Crippen molar-refractivity contribution in [2.45, 2.75) is 11.5 Å². The molecule has 0 atom stereocenters. The maximum absolute atomic E-state index is 5.36. The molecule has 120 valence electrons.